The predicted octanol–water partition coefficient (Wildman–Crippen LogP) is 1.67. The lowest BCUT2D eigenvalue weighted by Gasteiger charge is -2.13. The molecule has 0 aliphatic heterocycles. The molecule has 1 aliphatic rings. The summed E-state index contributed by atoms with van der Waals surface area (Å²) in [4.78, 5) is 11.0. The fourth-order valence-corrected chi connectivity index (χ4v) is 1.05. The maximum atomic E-state index is 11.8. The SMILES string of the molecule is O=C(CCC(O)C(F)(F)F)C1CC1. The molecule has 1 rings (SSSR count). The van der Waals surface area contributed by atoms with Gasteiger partial charge < -0.3 is 5.11 Å². The number of rotatable bonds is 4. The van der Waals surface area contributed by atoms with Gasteiger partial charge in [0.1, 0.15) is 11.9 Å². The molecule has 5 heteroatoms. The summed E-state index contributed by atoms with van der Waals surface area (Å²) in [5.74, 6) is -0.177. The summed E-state index contributed by atoms with van der Waals surface area (Å²) in [6.45, 7) is 0. The fourth-order valence-electron chi connectivity index (χ4n) is 1.05. The van der Waals surface area contributed by atoms with Gasteiger partial charge in [-0.3, -0.25) is 4.79 Å². The van der Waals surface area contributed by atoms with Crippen LogP contribution in [0.15, 0.2) is 0 Å². The second kappa shape index (κ2) is 3.65. The van der Waals surface area contributed by atoms with Crippen LogP contribution >= 0.6 is 0 Å². The lowest BCUT2D eigenvalue weighted by Crippen LogP contribution is -2.29. The van der Waals surface area contributed by atoms with Gasteiger partial charge in [-0.2, -0.15) is 13.2 Å². The molecule has 1 N–H and O–H groups in total. The molecule has 2 nitrogen and oxygen atoms in total. The molecule has 1 fully saturated rings. The van der Waals surface area contributed by atoms with Gasteiger partial charge in [-0.1, -0.05) is 0 Å². The monoisotopic (exact) mass is 196 g/mol. The lowest BCUT2D eigenvalue weighted by molar-refractivity contribution is -0.205. The lowest BCUT2D eigenvalue weighted by atomic mass is 10.1. The van der Waals surface area contributed by atoms with Gasteiger partial charge in [-0.05, 0) is 19.3 Å². The molecule has 0 amide bonds. The molecule has 0 aromatic heterocycles. The van der Waals surface area contributed by atoms with Crippen molar-refractivity contribution in [2.24, 2.45) is 5.92 Å². The Kier molecular flexibility index (Phi) is 2.95. The summed E-state index contributed by atoms with van der Waals surface area (Å²) in [6.07, 6.45) is -6.02. The van der Waals surface area contributed by atoms with Gasteiger partial charge >= 0.3 is 6.18 Å². The predicted molar refractivity (Wildman–Crippen MR) is 39.0 cm³/mol. The third-order valence-electron chi connectivity index (χ3n) is 2.07. The standard InChI is InChI=1S/C8H11F3O2/c9-8(10,11)7(13)4-3-6(12)5-1-2-5/h5,7,13H,1-4H2. The number of aliphatic hydroxyl groups is 1. The third kappa shape index (κ3) is 3.34. The molecule has 1 aliphatic carbocycles. The fraction of sp³-hybridized carbons (Fsp3) is 0.875. The maximum Gasteiger partial charge on any atom is 0.414 e. The van der Waals surface area contributed by atoms with Crippen molar-refractivity contribution in [3.05, 3.63) is 0 Å². The number of aliphatic hydroxyl groups excluding tert-OH is 1. The van der Waals surface area contributed by atoms with Crippen LogP contribution in [0.5, 0.6) is 0 Å². The van der Waals surface area contributed by atoms with Crippen LogP contribution in [-0.4, -0.2) is 23.2 Å². The minimum Gasteiger partial charge on any atom is -0.384 e. The van der Waals surface area contributed by atoms with Crippen molar-refractivity contribution < 1.29 is 23.1 Å². The van der Waals surface area contributed by atoms with E-state index in [1.54, 1.807) is 0 Å². The summed E-state index contributed by atoms with van der Waals surface area (Å²) in [5, 5.41) is 8.56. The molecule has 0 saturated heterocycles. The van der Waals surface area contributed by atoms with E-state index in [1.807, 2.05) is 0 Å². The number of carbonyl (C=O) groups is 1. The van der Waals surface area contributed by atoms with E-state index < -0.39 is 18.7 Å². The van der Waals surface area contributed by atoms with Gasteiger partial charge in [0.05, 0.1) is 0 Å². The summed E-state index contributed by atoms with van der Waals surface area (Å²) in [7, 11) is 0. The number of Topliss-reactive ketones (excluding diaryl/α,β-unsaturated/α-hetero) is 1. The molecule has 0 spiro atoms. The number of hydrogen-bond acceptors (Lipinski definition) is 2. The smallest absolute Gasteiger partial charge is 0.384 e. The molecule has 13 heavy (non-hydrogen) atoms. The van der Waals surface area contributed by atoms with E-state index >= 15 is 0 Å². The van der Waals surface area contributed by atoms with Crippen LogP contribution in [0.3, 0.4) is 0 Å². The molecular weight excluding hydrogens is 185 g/mol. The van der Waals surface area contributed by atoms with Gasteiger partial charge in [0.15, 0.2) is 0 Å². The zero-order chi connectivity index (χ0) is 10.1. The highest BCUT2D eigenvalue weighted by Crippen LogP contribution is 2.32. The molecule has 76 valence electrons. The Bertz CT molecular complexity index is 196. The van der Waals surface area contributed by atoms with E-state index in [0.29, 0.717) is 0 Å². The Morgan fingerprint density at radius 1 is 1.46 bits per heavy atom. The molecular formula is C8H11F3O2. The quantitative estimate of drug-likeness (QED) is 0.742. The molecule has 1 atom stereocenters. The van der Waals surface area contributed by atoms with Gasteiger partial charge in [0.2, 0.25) is 0 Å². The molecule has 0 radical (unpaired) electrons. The average molecular weight is 196 g/mol. The number of hydrogen-bond donors (Lipinski definition) is 1. The number of ketones is 1. The molecule has 1 unspecified atom stereocenters. The first-order valence-electron chi connectivity index (χ1n) is 4.18. The molecule has 0 aromatic carbocycles. The Morgan fingerprint density at radius 2 is 2.00 bits per heavy atom. The van der Waals surface area contributed by atoms with E-state index in [4.69, 9.17) is 5.11 Å². The average Bonchev–Trinajstić information content (AvgIpc) is 2.79. The van der Waals surface area contributed by atoms with Crippen LogP contribution in [0, 0.1) is 5.92 Å². The summed E-state index contributed by atoms with van der Waals surface area (Å²) in [5.41, 5.74) is 0. The highest BCUT2D eigenvalue weighted by molar-refractivity contribution is 5.83. The zero-order valence-electron chi connectivity index (χ0n) is 6.97. The minimum absolute atomic E-state index is 0.0274. The Labute approximate surface area is 73.7 Å². The van der Waals surface area contributed by atoms with E-state index in [9.17, 15) is 18.0 Å². The van der Waals surface area contributed by atoms with Gasteiger partial charge in [-0.25, -0.2) is 0 Å². The zero-order valence-corrected chi connectivity index (χ0v) is 6.97. The highest BCUT2D eigenvalue weighted by atomic mass is 19.4. The first kappa shape index (κ1) is 10.5. The third-order valence-corrected chi connectivity index (χ3v) is 2.07. The van der Waals surface area contributed by atoms with Crippen molar-refractivity contribution in [2.45, 2.75) is 38.0 Å². The second-order valence-corrected chi connectivity index (χ2v) is 3.34. The first-order valence-corrected chi connectivity index (χ1v) is 4.18. The maximum absolute atomic E-state index is 11.8. The van der Waals surface area contributed by atoms with Crippen molar-refractivity contribution in [2.75, 3.05) is 0 Å². The van der Waals surface area contributed by atoms with Gasteiger partial charge in [0.25, 0.3) is 0 Å². The van der Waals surface area contributed by atoms with Crippen LogP contribution in [0.1, 0.15) is 25.7 Å². The summed E-state index contributed by atoms with van der Waals surface area (Å²) < 4.78 is 35.3. The van der Waals surface area contributed by atoms with Crippen molar-refractivity contribution >= 4 is 5.78 Å². The van der Waals surface area contributed by atoms with Crippen molar-refractivity contribution in [3.8, 4) is 0 Å². The number of carbonyl (C=O) groups excluding carboxylic acids is 1. The number of halogens is 3. The summed E-state index contributed by atoms with van der Waals surface area (Å²) in [6, 6.07) is 0. The van der Waals surface area contributed by atoms with Crippen LogP contribution in [0.2, 0.25) is 0 Å². The topological polar surface area (TPSA) is 37.3 Å². The van der Waals surface area contributed by atoms with E-state index in [0.717, 1.165) is 12.8 Å². The van der Waals surface area contributed by atoms with Crippen LogP contribution < -0.4 is 0 Å². The Balaban J connectivity index is 2.21. The van der Waals surface area contributed by atoms with Crippen LogP contribution in [0.25, 0.3) is 0 Å². The van der Waals surface area contributed by atoms with Gasteiger partial charge in [-0.15, -0.1) is 0 Å². The Morgan fingerprint density at radius 3 is 2.38 bits per heavy atom. The molecule has 0 bridgehead atoms. The molecule has 1 saturated carbocycles. The molecule has 0 aromatic rings. The van der Waals surface area contributed by atoms with E-state index in [1.165, 1.54) is 0 Å². The number of alkyl halides is 3. The minimum atomic E-state index is -4.59. The van der Waals surface area contributed by atoms with Crippen LogP contribution in [-0.2, 0) is 4.79 Å². The highest BCUT2D eigenvalue weighted by Gasteiger charge is 2.39. The van der Waals surface area contributed by atoms with Crippen molar-refractivity contribution in [1.82, 2.24) is 0 Å². The summed E-state index contributed by atoms with van der Waals surface area (Å²) >= 11 is 0. The Hall–Kier alpha value is -0.580. The molecule has 0 heterocycles. The second-order valence-electron chi connectivity index (χ2n) is 3.34. The van der Waals surface area contributed by atoms with E-state index in [-0.39, 0.29) is 18.1 Å². The van der Waals surface area contributed by atoms with E-state index in [2.05, 4.69) is 0 Å². The largest absolute Gasteiger partial charge is 0.414 e. The normalized spacial score (nSPS) is 20.0. The van der Waals surface area contributed by atoms with Crippen molar-refractivity contribution in [1.29, 1.82) is 0 Å². The van der Waals surface area contributed by atoms with Crippen molar-refractivity contribution in [3.63, 3.8) is 0 Å². The van der Waals surface area contributed by atoms with Gasteiger partial charge in [0, 0.05) is 12.3 Å². The first-order chi connectivity index (χ1) is 5.91. The van der Waals surface area contributed by atoms with Crippen LogP contribution in [0.4, 0.5) is 13.2 Å².